The van der Waals surface area contributed by atoms with Gasteiger partial charge in [0, 0.05) is 18.4 Å². The molecule has 1 aromatic carbocycles. The SMILES string of the molecule is O=C(O)/C=C/c1ccc(NC(=O)[C@@H]2CCCO2)cc1. The van der Waals surface area contributed by atoms with Crippen molar-refractivity contribution >= 4 is 23.6 Å². The van der Waals surface area contributed by atoms with Gasteiger partial charge in [0.1, 0.15) is 6.10 Å². The average Bonchev–Trinajstić information content (AvgIpc) is 2.92. The number of nitrogens with one attached hydrogen (secondary N) is 1. The number of carboxylic acid groups (broad SMARTS) is 1. The largest absolute Gasteiger partial charge is 0.478 e. The fraction of sp³-hybridized carbons (Fsp3) is 0.286. The van der Waals surface area contributed by atoms with E-state index in [1.807, 2.05) is 0 Å². The van der Waals surface area contributed by atoms with E-state index in [1.165, 1.54) is 6.08 Å². The molecule has 2 rings (SSSR count). The molecule has 1 heterocycles. The predicted octanol–water partition coefficient (Wildman–Crippen LogP) is 1.90. The van der Waals surface area contributed by atoms with E-state index >= 15 is 0 Å². The van der Waals surface area contributed by atoms with Crippen LogP contribution in [0.1, 0.15) is 18.4 Å². The highest BCUT2D eigenvalue weighted by molar-refractivity contribution is 5.94. The second-order valence-corrected chi connectivity index (χ2v) is 4.28. The maximum atomic E-state index is 11.8. The number of anilines is 1. The van der Waals surface area contributed by atoms with Gasteiger partial charge in [0.15, 0.2) is 0 Å². The number of ether oxygens (including phenoxy) is 1. The smallest absolute Gasteiger partial charge is 0.328 e. The first-order chi connectivity index (χ1) is 9.15. The summed E-state index contributed by atoms with van der Waals surface area (Å²) in [6.07, 6.45) is 3.88. The molecule has 0 aromatic heterocycles. The molecule has 1 amide bonds. The zero-order valence-electron chi connectivity index (χ0n) is 10.3. The lowest BCUT2D eigenvalue weighted by Crippen LogP contribution is -2.26. The number of hydrogen-bond acceptors (Lipinski definition) is 3. The standard InChI is InChI=1S/C14H15NO4/c16-13(17)8-5-10-3-6-11(7-4-10)15-14(18)12-2-1-9-19-12/h3-8,12H,1-2,9H2,(H,15,18)(H,16,17)/b8-5+/t12-/m0/s1. The molecule has 19 heavy (non-hydrogen) atoms. The Morgan fingerprint density at radius 3 is 2.63 bits per heavy atom. The molecule has 5 nitrogen and oxygen atoms in total. The second kappa shape index (κ2) is 6.15. The Bertz CT molecular complexity index is 487. The highest BCUT2D eigenvalue weighted by Gasteiger charge is 2.23. The maximum absolute atomic E-state index is 11.8. The van der Waals surface area contributed by atoms with Gasteiger partial charge in [-0.2, -0.15) is 0 Å². The van der Waals surface area contributed by atoms with Gasteiger partial charge in [-0.1, -0.05) is 12.1 Å². The number of carbonyl (C=O) groups is 2. The van der Waals surface area contributed by atoms with Gasteiger partial charge in [-0.25, -0.2) is 4.79 Å². The van der Waals surface area contributed by atoms with Gasteiger partial charge in [-0.3, -0.25) is 4.79 Å². The van der Waals surface area contributed by atoms with Crippen LogP contribution in [0.4, 0.5) is 5.69 Å². The summed E-state index contributed by atoms with van der Waals surface area (Å²) >= 11 is 0. The van der Waals surface area contributed by atoms with Crippen molar-refractivity contribution in [2.75, 3.05) is 11.9 Å². The molecule has 0 radical (unpaired) electrons. The third-order valence-electron chi connectivity index (χ3n) is 2.82. The highest BCUT2D eigenvalue weighted by atomic mass is 16.5. The molecule has 1 fully saturated rings. The van der Waals surface area contributed by atoms with Gasteiger partial charge in [-0.05, 0) is 36.6 Å². The van der Waals surface area contributed by atoms with Crippen molar-refractivity contribution in [1.82, 2.24) is 0 Å². The summed E-state index contributed by atoms with van der Waals surface area (Å²) < 4.78 is 5.29. The van der Waals surface area contributed by atoms with Crippen LogP contribution in [0, 0.1) is 0 Å². The van der Waals surface area contributed by atoms with Crippen LogP contribution in [0.15, 0.2) is 30.3 Å². The lowest BCUT2D eigenvalue weighted by molar-refractivity contribution is -0.131. The van der Waals surface area contributed by atoms with Crippen LogP contribution in [0.25, 0.3) is 6.08 Å². The van der Waals surface area contributed by atoms with Crippen LogP contribution in [0.2, 0.25) is 0 Å². The Morgan fingerprint density at radius 2 is 2.05 bits per heavy atom. The van der Waals surface area contributed by atoms with Crippen LogP contribution in [-0.4, -0.2) is 29.7 Å². The molecule has 1 atom stereocenters. The van der Waals surface area contributed by atoms with E-state index in [-0.39, 0.29) is 12.0 Å². The van der Waals surface area contributed by atoms with E-state index in [2.05, 4.69) is 5.32 Å². The van der Waals surface area contributed by atoms with Gasteiger partial charge < -0.3 is 15.2 Å². The molecule has 1 aromatic rings. The van der Waals surface area contributed by atoms with Crippen molar-refractivity contribution in [2.45, 2.75) is 18.9 Å². The molecular formula is C14H15NO4. The number of benzene rings is 1. The molecule has 1 aliphatic heterocycles. The summed E-state index contributed by atoms with van der Waals surface area (Å²) in [6.45, 7) is 0.636. The summed E-state index contributed by atoms with van der Waals surface area (Å²) in [5.41, 5.74) is 1.44. The van der Waals surface area contributed by atoms with E-state index in [9.17, 15) is 9.59 Å². The number of hydrogen-bond donors (Lipinski definition) is 2. The topological polar surface area (TPSA) is 75.6 Å². The minimum atomic E-state index is -0.990. The fourth-order valence-corrected chi connectivity index (χ4v) is 1.85. The molecule has 1 saturated heterocycles. The Kier molecular flexibility index (Phi) is 4.30. The van der Waals surface area contributed by atoms with Crippen molar-refractivity contribution < 1.29 is 19.4 Å². The second-order valence-electron chi connectivity index (χ2n) is 4.28. The molecular weight excluding hydrogens is 246 g/mol. The first-order valence-electron chi connectivity index (χ1n) is 6.09. The van der Waals surface area contributed by atoms with Gasteiger partial charge in [0.2, 0.25) is 0 Å². The quantitative estimate of drug-likeness (QED) is 0.812. The van der Waals surface area contributed by atoms with Gasteiger partial charge in [-0.15, -0.1) is 0 Å². The Labute approximate surface area is 110 Å². The molecule has 2 N–H and O–H groups in total. The molecule has 0 unspecified atom stereocenters. The number of aliphatic carboxylic acids is 1. The lowest BCUT2D eigenvalue weighted by atomic mass is 10.2. The maximum Gasteiger partial charge on any atom is 0.328 e. The molecule has 0 spiro atoms. The highest BCUT2D eigenvalue weighted by Crippen LogP contribution is 2.16. The predicted molar refractivity (Wildman–Crippen MR) is 70.7 cm³/mol. The molecule has 1 aliphatic rings. The third kappa shape index (κ3) is 3.93. The van der Waals surface area contributed by atoms with E-state index in [1.54, 1.807) is 24.3 Å². The third-order valence-corrected chi connectivity index (χ3v) is 2.82. The normalized spacial score (nSPS) is 18.6. The number of carboxylic acids is 1. The summed E-state index contributed by atoms with van der Waals surface area (Å²) in [4.78, 5) is 22.2. The van der Waals surface area contributed by atoms with Gasteiger partial charge >= 0.3 is 5.97 Å². The first-order valence-corrected chi connectivity index (χ1v) is 6.09. The Balaban J connectivity index is 1.94. The van der Waals surface area contributed by atoms with E-state index < -0.39 is 5.97 Å². The van der Waals surface area contributed by atoms with Gasteiger partial charge in [0.25, 0.3) is 5.91 Å². The van der Waals surface area contributed by atoms with Crippen molar-refractivity contribution in [3.05, 3.63) is 35.9 Å². The zero-order valence-corrected chi connectivity index (χ0v) is 10.3. The van der Waals surface area contributed by atoms with Crippen molar-refractivity contribution in [3.8, 4) is 0 Å². The fourth-order valence-electron chi connectivity index (χ4n) is 1.85. The number of amides is 1. The summed E-state index contributed by atoms with van der Waals surface area (Å²) in [6, 6.07) is 6.94. The first kappa shape index (κ1) is 13.3. The van der Waals surface area contributed by atoms with Gasteiger partial charge in [0.05, 0.1) is 0 Å². The lowest BCUT2D eigenvalue weighted by Gasteiger charge is -2.10. The number of rotatable bonds is 4. The molecule has 100 valence electrons. The van der Waals surface area contributed by atoms with Crippen LogP contribution in [-0.2, 0) is 14.3 Å². The van der Waals surface area contributed by atoms with Crippen LogP contribution in [0.3, 0.4) is 0 Å². The van der Waals surface area contributed by atoms with Crippen LogP contribution >= 0.6 is 0 Å². The van der Waals surface area contributed by atoms with E-state index in [4.69, 9.17) is 9.84 Å². The van der Waals surface area contributed by atoms with E-state index in [0.29, 0.717) is 12.3 Å². The number of carbonyl (C=O) groups excluding carboxylic acids is 1. The monoisotopic (exact) mass is 261 g/mol. The minimum absolute atomic E-state index is 0.133. The van der Waals surface area contributed by atoms with Crippen LogP contribution < -0.4 is 5.32 Å². The molecule has 0 saturated carbocycles. The molecule has 0 aliphatic carbocycles. The average molecular weight is 261 g/mol. The minimum Gasteiger partial charge on any atom is -0.478 e. The summed E-state index contributed by atoms with van der Waals surface area (Å²) in [5, 5.41) is 11.3. The zero-order chi connectivity index (χ0) is 13.7. The molecule has 5 heteroatoms. The Morgan fingerprint density at radius 1 is 1.32 bits per heavy atom. The Hall–Kier alpha value is -2.14. The van der Waals surface area contributed by atoms with E-state index in [0.717, 1.165) is 24.5 Å². The van der Waals surface area contributed by atoms with Crippen LogP contribution in [0.5, 0.6) is 0 Å². The molecule has 0 bridgehead atoms. The summed E-state index contributed by atoms with van der Waals surface area (Å²) in [5.74, 6) is -1.12. The van der Waals surface area contributed by atoms with Crippen molar-refractivity contribution in [1.29, 1.82) is 0 Å². The summed E-state index contributed by atoms with van der Waals surface area (Å²) in [7, 11) is 0. The van der Waals surface area contributed by atoms with Crippen molar-refractivity contribution in [2.24, 2.45) is 0 Å². The van der Waals surface area contributed by atoms with Crippen molar-refractivity contribution in [3.63, 3.8) is 0 Å².